The van der Waals surface area contributed by atoms with Gasteiger partial charge in [0.05, 0.1) is 10.5 Å². The van der Waals surface area contributed by atoms with E-state index in [1.54, 1.807) is 0 Å². The summed E-state index contributed by atoms with van der Waals surface area (Å²) in [6.07, 6.45) is -4.70. The van der Waals surface area contributed by atoms with Crippen LogP contribution in [-0.2, 0) is 6.18 Å². The number of halogens is 3. The molecular formula is C18H19F3N2O3. The number of nitrogens with zero attached hydrogens (tertiary/aromatic N) is 1. The summed E-state index contributed by atoms with van der Waals surface area (Å²) in [4.78, 5) is 9.84. The van der Waals surface area contributed by atoms with Crippen LogP contribution in [0.5, 0.6) is 5.75 Å². The van der Waals surface area contributed by atoms with Gasteiger partial charge in [-0.3, -0.25) is 10.1 Å². The van der Waals surface area contributed by atoms with Gasteiger partial charge in [0.15, 0.2) is 0 Å². The molecule has 1 N–H and O–H groups in total. The number of nitrogens with one attached hydrogen (secondary N) is 1. The van der Waals surface area contributed by atoms with E-state index in [1.807, 2.05) is 32.9 Å². The highest BCUT2D eigenvalue weighted by molar-refractivity contribution is 5.57. The van der Waals surface area contributed by atoms with Crippen molar-refractivity contribution in [1.82, 2.24) is 0 Å². The van der Waals surface area contributed by atoms with Crippen LogP contribution >= 0.6 is 0 Å². The van der Waals surface area contributed by atoms with Gasteiger partial charge in [-0.15, -0.1) is 0 Å². The number of nitro groups is 1. The zero-order valence-corrected chi connectivity index (χ0v) is 14.6. The maximum Gasteiger partial charge on any atom is 0.418 e. The molecule has 0 aromatic heterocycles. The van der Waals surface area contributed by atoms with Crippen molar-refractivity contribution in [2.75, 3.05) is 18.5 Å². The smallest absolute Gasteiger partial charge is 0.418 e. The van der Waals surface area contributed by atoms with Crippen molar-refractivity contribution in [3.8, 4) is 5.75 Å². The Kier molecular flexibility index (Phi) is 5.74. The highest BCUT2D eigenvalue weighted by Crippen LogP contribution is 2.37. The molecule has 2 rings (SSSR count). The third-order valence-electron chi connectivity index (χ3n) is 3.79. The maximum absolute atomic E-state index is 13.1. The molecule has 8 heteroatoms. The second-order valence-corrected chi connectivity index (χ2v) is 5.99. The Labute approximate surface area is 148 Å². The van der Waals surface area contributed by atoms with E-state index in [-0.39, 0.29) is 18.8 Å². The van der Waals surface area contributed by atoms with Gasteiger partial charge < -0.3 is 10.1 Å². The first kappa shape index (κ1) is 19.6. The van der Waals surface area contributed by atoms with Crippen LogP contribution in [0.2, 0.25) is 0 Å². The second-order valence-electron chi connectivity index (χ2n) is 5.99. The fraction of sp³-hybridized carbons (Fsp3) is 0.333. The first-order valence-electron chi connectivity index (χ1n) is 7.89. The number of ether oxygens (including phenoxy) is 1. The summed E-state index contributed by atoms with van der Waals surface area (Å²) in [6, 6.07) is 6.55. The zero-order valence-electron chi connectivity index (χ0n) is 14.6. The SMILES string of the molecule is Cc1cc(C)c(OCCNc2ccc([N+](=O)[O-])cc2C(F)(F)F)c(C)c1. The lowest BCUT2D eigenvalue weighted by Gasteiger charge is -2.16. The van der Waals surface area contributed by atoms with Gasteiger partial charge in [-0.25, -0.2) is 0 Å². The quantitative estimate of drug-likeness (QED) is 0.441. The number of nitro benzene ring substituents is 1. The number of aryl methyl sites for hydroxylation is 3. The lowest BCUT2D eigenvalue weighted by atomic mass is 10.1. The van der Waals surface area contributed by atoms with Gasteiger partial charge in [-0.05, 0) is 38.0 Å². The molecule has 0 aliphatic rings. The summed E-state index contributed by atoms with van der Waals surface area (Å²) in [5, 5.41) is 13.3. The number of benzene rings is 2. The van der Waals surface area contributed by atoms with Gasteiger partial charge in [0, 0.05) is 24.4 Å². The molecule has 0 spiro atoms. The highest BCUT2D eigenvalue weighted by Gasteiger charge is 2.35. The van der Waals surface area contributed by atoms with Crippen molar-refractivity contribution in [2.45, 2.75) is 26.9 Å². The first-order chi connectivity index (χ1) is 12.1. The first-order valence-corrected chi connectivity index (χ1v) is 7.89. The molecule has 0 unspecified atom stereocenters. The van der Waals surface area contributed by atoms with Crippen LogP contribution in [0, 0.1) is 30.9 Å². The summed E-state index contributed by atoms with van der Waals surface area (Å²) >= 11 is 0. The van der Waals surface area contributed by atoms with Gasteiger partial charge in [0.1, 0.15) is 12.4 Å². The minimum atomic E-state index is -4.70. The average Bonchev–Trinajstić information content (AvgIpc) is 2.52. The molecule has 5 nitrogen and oxygen atoms in total. The minimum Gasteiger partial charge on any atom is -0.491 e. The van der Waals surface area contributed by atoms with Crippen LogP contribution in [0.25, 0.3) is 0 Å². The Bertz CT molecular complexity index is 797. The molecule has 0 aliphatic heterocycles. The van der Waals surface area contributed by atoms with Crippen molar-refractivity contribution in [2.24, 2.45) is 0 Å². The molecule has 0 aliphatic carbocycles. The average molecular weight is 368 g/mol. The Morgan fingerprint density at radius 1 is 1.12 bits per heavy atom. The lowest BCUT2D eigenvalue weighted by molar-refractivity contribution is -0.385. The number of non-ortho nitro benzene ring substituents is 1. The number of rotatable bonds is 6. The van der Waals surface area contributed by atoms with Crippen LogP contribution < -0.4 is 10.1 Å². The fourth-order valence-corrected chi connectivity index (χ4v) is 2.77. The third kappa shape index (κ3) is 4.65. The molecule has 2 aromatic rings. The zero-order chi connectivity index (χ0) is 19.5. The van der Waals surface area contributed by atoms with Gasteiger partial charge in [0.2, 0.25) is 0 Å². The number of hydrogen-bond donors (Lipinski definition) is 1. The molecule has 0 saturated carbocycles. The third-order valence-corrected chi connectivity index (χ3v) is 3.79. The Hall–Kier alpha value is -2.77. The van der Waals surface area contributed by atoms with E-state index in [9.17, 15) is 23.3 Å². The van der Waals surface area contributed by atoms with E-state index >= 15 is 0 Å². The predicted octanol–water partition coefficient (Wildman–Crippen LogP) is 5.03. The molecule has 0 bridgehead atoms. The van der Waals surface area contributed by atoms with Crippen LogP contribution in [0.1, 0.15) is 22.3 Å². The monoisotopic (exact) mass is 368 g/mol. The number of anilines is 1. The van der Waals surface area contributed by atoms with E-state index in [2.05, 4.69) is 5.32 Å². The van der Waals surface area contributed by atoms with E-state index < -0.39 is 22.4 Å². The summed E-state index contributed by atoms with van der Waals surface area (Å²) < 4.78 is 45.0. The van der Waals surface area contributed by atoms with Crippen molar-refractivity contribution in [3.05, 3.63) is 62.7 Å². The molecule has 2 aromatic carbocycles. The van der Waals surface area contributed by atoms with E-state index in [1.165, 1.54) is 0 Å². The van der Waals surface area contributed by atoms with Crippen LogP contribution in [0.4, 0.5) is 24.5 Å². The molecule has 140 valence electrons. The molecule has 0 radical (unpaired) electrons. The van der Waals surface area contributed by atoms with Crippen molar-refractivity contribution in [3.63, 3.8) is 0 Å². The molecule has 0 atom stereocenters. The van der Waals surface area contributed by atoms with E-state index in [0.29, 0.717) is 11.8 Å². The molecule has 0 fully saturated rings. The van der Waals surface area contributed by atoms with Crippen LogP contribution in [-0.4, -0.2) is 18.1 Å². The summed E-state index contributed by atoms with van der Waals surface area (Å²) in [7, 11) is 0. The van der Waals surface area contributed by atoms with E-state index in [0.717, 1.165) is 28.8 Å². The topological polar surface area (TPSA) is 64.4 Å². The number of alkyl halides is 3. The van der Waals surface area contributed by atoms with Gasteiger partial charge in [0.25, 0.3) is 5.69 Å². The predicted molar refractivity (Wildman–Crippen MR) is 92.7 cm³/mol. The molecule has 0 saturated heterocycles. The van der Waals surface area contributed by atoms with Gasteiger partial charge >= 0.3 is 6.18 Å². The Balaban J connectivity index is 2.07. The minimum absolute atomic E-state index is 0.119. The fourth-order valence-electron chi connectivity index (χ4n) is 2.77. The standard InChI is InChI=1S/C18H19F3N2O3/c1-11-8-12(2)17(13(3)9-11)26-7-6-22-16-5-4-14(23(24)25)10-15(16)18(19,20)21/h4-5,8-10,22H,6-7H2,1-3H3. The van der Waals surface area contributed by atoms with Crippen LogP contribution in [0.3, 0.4) is 0 Å². The van der Waals surface area contributed by atoms with Crippen molar-refractivity contribution in [1.29, 1.82) is 0 Å². The molecule has 26 heavy (non-hydrogen) atoms. The summed E-state index contributed by atoms with van der Waals surface area (Å²) in [5.41, 5.74) is 1.11. The summed E-state index contributed by atoms with van der Waals surface area (Å²) in [5.74, 6) is 0.706. The van der Waals surface area contributed by atoms with Gasteiger partial charge in [-0.2, -0.15) is 13.2 Å². The van der Waals surface area contributed by atoms with E-state index in [4.69, 9.17) is 4.74 Å². The summed E-state index contributed by atoms with van der Waals surface area (Å²) in [6.45, 7) is 6.05. The largest absolute Gasteiger partial charge is 0.491 e. The van der Waals surface area contributed by atoms with Crippen molar-refractivity contribution < 1.29 is 22.8 Å². The molecule has 0 heterocycles. The van der Waals surface area contributed by atoms with Crippen molar-refractivity contribution >= 4 is 11.4 Å². The highest BCUT2D eigenvalue weighted by atomic mass is 19.4. The maximum atomic E-state index is 13.1. The van der Waals surface area contributed by atoms with Gasteiger partial charge in [-0.1, -0.05) is 17.7 Å². The second kappa shape index (κ2) is 7.63. The number of hydrogen-bond acceptors (Lipinski definition) is 4. The lowest BCUT2D eigenvalue weighted by Crippen LogP contribution is -2.16. The molecular weight excluding hydrogens is 349 g/mol. The Morgan fingerprint density at radius 3 is 2.27 bits per heavy atom. The normalized spacial score (nSPS) is 11.3. The molecule has 0 amide bonds. The Morgan fingerprint density at radius 2 is 1.73 bits per heavy atom. The van der Waals surface area contributed by atoms with Crippen LogP contribution in [0.15, 0.2) is 30.3 Å².